The predicted molar refractivity (Wildman–Crippen MR) is 105 cm³/mol. The summed E-state index contributed by atoms with van der Waals surface area (Å²) in [6, 6.07) is 11.7. The van der Waals surface area contributed by atoms with Crippen molar-refractivity contribution < 1.29 is 14.7 Å². The van der Waals surface area contributed by atoms with Crippen LogP contribution in [-0.2, 0) is 4.79 Å². The largest absolute Gasteiger partial charge is 0.478 e. The zero-order valence-electron chi connectivity index (χ0n) is 15.4. The number of carboxylic acids is 1. The van der Waals surface area contributed by atoms with Crippen molar-refractivity contribution in [1.82, 2.24) is 4.98 Å². The number of nitriles is 1. The molecule has 1 heterocycles. The first-order chi connectivity index (χ1) is 12.8. The number of nitrogens with zero attached hydrogens (tertiary/aromatic N) is 2. The van der Waals surface area contributed by atoms with E-state index in [1.807, 2.05) is 26.8 Å². The second-order valence-electron chi connectivity index (χ2n) is 6.24. The summed E-state index contributed by atoms with van der Waals surface area (Å²) < 4.78 is 0. The van der Waals surface area contributed by atoms with Crippen LogP contribution in [-0.4, -0.2) is 27.2 Å². The number of carbonyl (C=O) groups excluding carboxylic acids is 1. The molecule has 0 fully saturated rings. The van der Waals surface area contributed by atoms with Gasteiger partial charge in [0.1, 0.15) is 11.1 Å². The minimum atomic E-state index is -1.02. The summed E-state index contributed by atoms with van der Waals surface area (Å²) in [6.45, 7) is 5.93. The Morgan fingerprint density at radius 1 is 1.22 bits per heavy atom. The van der Waals surface area contributed by atoms with Crippen molar-refractivity contribution in [2.75, 3.05) is 5.32 Å². The predicted octanol–water partition coefficient (Wildman–Crippen LogP) is 4.28. The number of benzene rings is 1. The maximum absolute atomic E-state index is 12.6. The zero-order chi connectivity index (χ0) is 20.0. The first kappa shape index (κ1) is 20.5. The zero-order valence-corrected chi connectivity index (χ0v) is 16.2. The van der Waals surface area contributed by atoms with Gasteiger partial charge in [-0.15, -0.1) is 0 Å². The highest BCUT2D eigenvalue weighted by atomic mass is 32.2. The number of thioether (sulfide) groups is 1. The van der Waals surface area contributed by atoms with Crippen molar-refractivity contribution in [1.29, 1.82) is 5.26 Å². The summed E-state index contributed by atoms with van der Waals surface area (Å²) >= 11 is 1.27. The van der Waals surface area contributed by atoms with Crippen LogP contribution in [0.4, 0.5) is 5.69 Å². The Kier molecular flexibility index (Phi) is 6.97. The lowest BCUT2D eigenvalue weighted by Crippen LogP contribution is -2.25. The minimum Gasteiger partial charge on any atom is -0.478 e. The van der Waals surface area contributed by atoms with Gasteiger partial charge in [0.05, 0.1) is 16.4 Å². The van der Waals surface area contributed by atoms with Crippen LogP contribution in [0.25, 0.3) is 0 Å². The Morgan fingerprint density at radius 2 is 1.89 bits per heavy atom. The molecule has 27 heavy (non-hydrogen) atoms. The quantitative estimate of drug-likeness (QED) is 0.692. The third kappa shape index (κ3) is 5.31. The molecule has 7 heteroatoms. The second-order valence-corrected chi connectivity index (χ2v) is 7.43. The van der Waals surface area contributed by atoms with Gasteiger partial charge in [0.25, 0.3) is 0 Å². The van der Waals surface area contributed by atoms with Gasteiger partial charge in [-0.05, 0) is 48.7 Å². The van der Waals surface area contributed by atoms with Gasteiger partial charge >= 0.3 is 5.97 Å². The van der Waals surface area contributed by atoms with Crippen molar-refractivity contribution in [3.63, 3.8) is 0 Å². The van der Waals surface area contributed by atoms with Gasteiger partial charge < -0.3 is 10.4 Å². The first-order valence-corrected chi connectivity index (χ1v) is 9.45. The Labute approximate surface area is 162 Å². The minimum absolute atomic E-state index is 0.155. The normalized spacial score (nSPS) is 11.7. The van der Waals surface area contributed by atoms with Crippen LogP contribution in [0, 0.1) is 11.3 Å². The topological polar surface area (TPSA) is 103 Å². The van der Waals surface area contributed by atoms with Gasteiger partial charge in [-0.2, -0.15) is 5.26 Å². The molecule has 0 aliphatic heterocycles. The van der Waals surface area contributed by atoms with E-state index in [0.29, 0.717) is 22.7 Å². The Bertz CT molecular complexity index is 873. The monoisotopic (exact) mass is 383 g/mol. The SMILES string of the molecule is CCC(Sc1nc(C(C)C)ccc1C#N)C(=O)Nc1ccc(C(=O)O)cc1. The van der Waals surface area contributed by atoms with Crippen LogP contribution in [0.2, 0.25) is 0 Å². The number of pyridine rings is 1. The number of anilines is 1. The summed E-state index contributed by atoms with van der Waals surface area (Å²) in [5.41, 5.74) is 1.99. The van der Waals surface area contributed by atoms with Crippen molar-refractivity contribution >= 4 is 29.3 Å². The molecule has 0 aliphatic rings. The van der Waals surface area contributed by atoms with E-state index >= 15 is 0 Å². The molecule has 0 aliphatic carbocycles. The number of aromatic carboxylic acids is 1. The molecule has 0 radical (unpaired) electrons. The van der Waals surface area contributed by atoms with Gasteiger partial charge in [-0.1, -0.05) is 32.5 Å². The van der Waals surface area contributed by atoms with Crippen LogP contribution in [0.3, 0.4) is 0 Å². The third-order valence-corrected chi connectivity index (χ3v) is 5.28. The van der Waals surface area contributed by atoms with E-state index in [2.05, 4.69) is 16.4 Å². The fourth-order valence-electron chi connectivity index (χ4n) is 2.33. The Morgan fingerprint density at radius 3 is 2.41 bits per heavy atom. The molecule has 0 saturated carbocycles. The smallest absolute Gasteiger partial charge is 0.335 e. The molecule has 1 amide bonds. The highest BCUT2D eigenvalue weighted by Gasteiger charge is 2.21. The van der Waals surface area contributed by atoms with Crippen molar-refractivity contribution in [3.8, 4) is 6.07 Å². The molecule has 2 aromatic rings. The average Bonchev–Trinajstić information content (AvgIpc) is 2.66. The van der Waals surface area contributed by atoms with E-state index in [1.165, 1.54) is 23.9 Å². The van der Waals surface area contributed by atoms with Gasteiger partial charge in [-0.25, -0.2) is 9.78 Å². The fourth-order valence-corrected chi connectivity index (χ4v) is 3.33. The number of carboxylic acid groups (broad SMARTS) is 1. The molecule has 0 bridgehead atoms. The molecule has 1 unspecified atom stereocenters. The second kappa shape index (κ2) is 9.19. The molecule has 0 saturated heterocycles. The van der Waals surface area contributed by atoms with Crippen molar-refractivity contribution in [3.05, 3.63) is 53.2 Å². The Balaban J connectivity index is 2.16. The molecule has 2 N–H and O–H groups in total. The molecule has 1 atom stereocenters. The average molecular weight is 383 g/mol. The first-order valence-electron chi connectivity index (χ1n) is 8.57. The summed E-state index contributed by atoms with van der Waals surface area (Å²) in [5, 5.41) is 21.2. The van der Waals surface area contributed by atoms with Crippen molar-refractivity contribution in [2.45, 2.75) is 43.4 Å². The van der Waals surface area contributed by atoms with E-state index in [0.717, 1.165) is 5.69 Å². The number of nitrogens with one attached hydrogen (secondary N) is 1. The molecule has 2 rings (SSSR count). The van der Waals surface area contributed by atoms with Gasteiger partial charge in [-0.3, -0.25) is 4.79 Å². The molecule has 6 nitrogen and oxygen atoms in total. The summed E-state index contributed by atoms with van der Waals surface area (Å²) in [6.07, 6.45) is 0.558. The molecular weight excluding hydrogens is 362 g/mol. The lowest BCUT2D eigenvalue weighted by atomic mass is 10.1. The highest BCUT2D eigenvalue weighted by molar-refractivity contribution is 8.00. The van der Waals surface area contributed by atoms with Crippen LogP contribution >= 0.6 is 11.8 Å². The standard InChI is InChI=1S/C20H21N3O3S/c1-4-17(18(24)22-15-8-5-13(6-9-15)20(25)26)27-19-14(11-21)7-10-16(23-19)12(2)3/h5-10,12,17H,4H2,1-3H3,(H,22,24)(H,25,26). The Hall–Kier alpha value is -2.85. The number of hydrogen-bond acceptors (Lipinski definition) is 5. The maximum atomic E-state index is 12.6. The van der Waals surface area contributed by atoms with Gasteiger partial charge in [0, 0.05) is 11.4 Å². The fraction of sp³-hybridized carbons (Fsp3) is 0.300. The third-order valence-electron chi connectivity index (χ3n) is 3.91. The summed E-state index contributed by atoms with van der Waals surface area (Å²) in [5.74, 6) is -1.01. The molecule has 1 aromatic carbocycles. The summed E-state index contributed by atoms with van der Waals surface area (Å²) in [7, 11) is 0. The lowest BCUT2D eigenvalue weighted by Gasteiger charge is -2.16. The van der Waals surface area contributed by atoms with E-state index < -0.39 is 11.2 Å². The van der Waals surface area contributed by atoms with Crippen molar-refractivity contribution in [2.24, 2.45) is 0 Å². The molecule has 140 valence electrons. The molecule has 1 aromatic heterocycles. The molecule has 0 spiro atoms. The van der Waals surface area contributed by atoms with E-state index in [-0.39, 0.29) is 17.4 Å². The van der Waals surface area contributed by atoms with E-state index in [9.17, 15) is 14.9 Å². The van der Waals surface area contributed by atoms with E-state index in [1.54, 1.807) is 18.2 Å². The number of rotatable bonds is 7. The maximum Gasteiger partial charge on any atom is 0.335 e. The van der Waals surface area contributed by atoms with Crippen LogP contribution in [0.5, 0.6) is 0 Å². The number of carbonyl (C=O) groups is 2. The molecular formula is C20H21N3O3S. The summed E-state index contributed by atoms with van der Waals surface area (Å²) in [4.78, 5) is 28.1. The van der Waals surface area contributed by atoms with Crippen LogP contribution in [0.15, 0.2) is 41.4 Å². The van der Waals surface area contributed by atoms with Crippen LogP contribution < -0.4 is 5.32 Å². The van der Waals surface area contributed by atoms with Gasteiger partial charge in [0.2, 0.25) is 5.91 Å². The van der Waals surface area contributed by atoms with Gasteiger partial charge in [0.15, 0.2) is 0 Å². The lowest BCUT2D eigenvalue weighted by molar-refractivity contribution is -0.115. The highest BCUT2D eigenvalue weighted by Crippen LogP contribution is 2.29. The number of amides is 1. The van der Waals surface area contributed by atoms with Crippen LogP contribution in [0.1, 0.15) is 54.7 Å². The number of hydrogen-bond donors (Lipinski definition) is 2. The van der Waals surface area contributed by atoms with E-state index in [4.69, 9.17) is 5.11 Å². The number of aromatic nitrogens is 1.